The van der Waals surface area contributed by atoms with Crippen LogP contribution >= 0.6 is 0 Å². The number of hydrogen-bond donors (Lipinski definition) is 0. The van der Waals surface area contributed by atoms with Crippen molar-refractivity contribution in [3.8, 4) is 5.75 Å². The molecule has 1 aromatic rings. The number of ether oxygens (including phenoxy) is 1. The zero-order chi connectivity index (χ0) is 19.3. The third kappa shape index (κ3) is 9.12. The van der Waals surface area contributed by atoms with Crippen molar-refractivity contribution in [2.75, 3.05) is 32.8 Å². The van der Waals surface area contributed by atoms with Crippen LogP contribution in [-0.2, 0) is 6.54 Å². The first-order valence-corrected chi connectivity index (χ1v) is 11.4. The summed E-state index contributed by atoms with van der Waals surface area (Å²) in [6, 6.07) is 9.38. The van der Waals surface area contributed by atoms with Gasteiger partial charge in [-0.1, -0.05) is 64.0 Å². The molecule has 1 fully saturated rings. The molecule has 1 saturated heterocycles. The Labute approximate surface area is 168 Å². The van der Waals surface area contributed by atoms with E-state index in [-0.39, 0.29) is 0 Å². The maximum Gasteiger partial charge on any atom is 0.119 e. The largest absolute Gasteiger partial charge is 0.494 e. The predicted molar refractivity (Wildman–Crippen MR) is 117 cm³/mol. The molecule has 0 spiro atoms. The average Bonchev–Trinajstić information content (AvgIpc) is 2.67. The van der Waals surface area contributed by atoms with Crippen LogP contribution in [0.5, 0.6) is 5.75 Å². The minimum absolute atomic E-state index is 0.667. The Hall–Kier alpha value is -1.06. The molecule has 3 nitrogen and oxygen atoms in total. The molecule has 0 N–H and O–H groups in total. The van der Waals surface area contributed by atoms with Gasteiger partial charge in [-0.2, -0.15) is 0 Å². The van der Waals surface area contributed by atoms with Gasteiger partial charge in [-0.3, -0.25) is 9.80 Å². The fourth-order valence-corrected chi connectivity index (χ4v) is 3.86. The number of hydrogen-bond acceptors (Lipinski definition) is 3. The SMILES string of the molecule is CCCCCCCCCCOc1cccc(CN2CCN(C(C)C)CC2)c1. The Morgan fingerprint density at radius 3 is 2.22 bits per heavy atom. The summed E-state index contributed by atoms with van der Waals surface area (Å²) in [6.45, 7) is 13.5. The highest BCUT2D eigenvalue weighted by atomic mass is 16.5. The van der Waals surface area contributed by atoms with Gasteiger partial charge >= 0.3 is 0 Å². The van der Waals surface area contributed by atoms with Crippen molar-refractivity contribution < 1.29 is 4.74 Å². The Balaban J connectivity index is 1.60. The van der Waals surface area contributed by atoms with Gasteiger partial charge in [0.2, 0.25) is 0 Å². The highest BCUT2D eigenvalue weighted by Crippen LogP contribution is 2.17. The Morgan fingerprint density at radius 2 is 1.56 bits per heavy atom. The van der Waals surface area contributed by atoms with Gasteiger partial charge in [-0.05, 0) is 38.0 Å². The average molecular weight is 375 g/mol. The quantitative estimate of drug-likeness (QED) is 0.410. The third-order valence-corrected chi connectivity index (χ3v) is 5.71. The molecule has 1 heterocycles. The molecule has 0 aliphatic carbocycles. The number of nitrogens with zero attached hydrogens (tertiary/aromatic N) is 2. The molecule has 3 heteroatoms. The van der Waals surface area contributed by atoms with E-state index in [2.05, 4.69) is 54.8 Å². The van der Waals surface area contributed by atoms with Crippen LogP contribution in [0.2, 0.25) is 0 Å². The maximum absolute atomic E-state index is 6.00. The van der Waals surface area contributed by atoms with Crippen LogP contribution in [0, 0.1) is 0 Å². The van der Waals surface area contributed by atoms with Crippen molar-refractivity contribution in [2.45, 2.75) is 84.7 Å². The molecule has 1 aliphatic heterocycles. The molecule has 0 unspecified atom stereocenters. The molecule has 2 rings (SSSR count). The maximum atomic E-state index is 6.00. The summed E-state index contributed by atoms with van der Waals surface area (Å²) in [4.78, 5) is 5.14. The fraction of sp³-hybridized carbons (Fsp3) is 0.750. The van der Waals surface area contributed by atoms with E-state index >= 15 is 0 Å². The van der Waals surface area contributed by atoms with Crippen molar-refractivity contribution in [2.24, 2.45) is 0 Å². The van der Waals surface area contributed by atoms with Crippen LogP contribution in [0.15, 0.2) is 24.3 Å². The van der Waals surface area contributed by atoms with Gasteiger partial charge in [-0.15, -0.1) is 0 Å². The first kappa shape index (κ1) is 22.2. The summed E-state index contributed by atoms with van der Waals surface area (Å²) in [6.07, 6.45) is 10.8. The Kier molecular flexibility index (Phi) is 10.8. The molecule has 1 aromatic carbocycles. The lowest BCUT2D eigenvalue weighted by Crippen LogP contribution is -2.48. The second kappa shape index (κ2) is 13.2. The van der Waals surface area contributed by atoms with E-state index in [1.54, 1.807) is 0 Å². The number of rotatable bonds is 13. The van der Waals surface area contributed by atoms with Crippen molar-refractivity contribution in [1.29, 1.82) is 0 Å². The second-order valence-corrected chi connectivity index (χ2v) is 8.38. The van der Waals surface area contributed by atoms with Gasteiger partial charge in [0.1, 0.15) is 5.75 Å². The molecular formula is C24H42N2O. The van der Waals surface area contributed by atoms with Crippen molar-refractivity contribution >= 4 is 0 Å². The standard InChI is InChI=1S/C24H42N2O/c1-4-5-6-7-8-9-10-11-19-27-24-14-12-13-23(20-24)21-25-15-17-26(18-16-25)22(2)3/h12-14,20,22H,4-11,15-19,21H2,1-3H3. The van der Waals surface area contributed by atoms with E-state index in [1.807, 2.05) is 0 Å². The number of benzene rings is 1. The van der Waals surface area contributed by atoms with E-state index in [1.165, 1.54) is 83.1 Å². The van der Waals surface area contributed by atoms with Crippen LogP contribution in [0.3, 0.4) is 0 Å². The molecule has 0 saturated carbocycles. The summed E-state index contributed by atoms with van der Waals surface area (Å²) >= 11 is 0. The highest BCUT2D eigenvalue weighted by molar-refractivity contribution is 5.28. The van der Waals surface area contributed by atoms with Crippen LogP contribution in [0.4, 0.5) is 0 Å². The molecule has 0 radical (unpaired) electrons. The van der Waals surface area contributed by atoms with Gasteiger partial charge in [0.15, 0.2) is 0 Å². The van der Waals surface area contributed by atoms with Crippen molar-refractivity contribution in [3.63, 3.8) is 0 Å². The number of unbranched alkanes of at least 4 members (excludes halogenated alkanes) is 7. The van der Waals surface area contributed by atoms with Crippen LogP contribution in [0.25, 0.3) is 0 Å². The monoisotopic (exact) mass is 374 g/mol. The normalized spacial score (nSPS) is 16.1. The summed E-state index contributed by atoms with van der Waals surface area (Å²) in [5.74, 6) is 1.04. The molecular weight excluding hydrogens is 332 g/mol. The number of piperazine rings is 1. The first-order chi connectivity index (χ1) is 13.2. The smallest absolute Gasteiger partial charge is 0.119 e. The summed E-state index contributed by atoms with van der Waals surface area (Å²) in [5.41, 5.74) is 1.38. The van der Waals surface area contributed by atoms with Crippen LogP contribution in [0.1, 0.15) is 77.7 Å². The molecule has 0 amide bonds. The minimum atomic E-state index is 0.667. The minimum Gasteiger partial charge on any atom is -0.494 e. The lowest BCUT2D eigenvalue weighted by molar-refractivity contribution is 0.104. The molecule has 27 heavy (non-hydrogen) atoms. The zero-order valence-electron chi connectivity index (χ0n) is 18.1. The van der Waals surface area contributed by atoms with Gasteiger partial charge in [0.05, 0.1) is 6.61 Å². The van der Waals surface area contributed by atoms with Crippen LogP contribution < -0.4 is 4.74 Å². The van der Waals surface area contributed by atoms with Crippen LogP contribution in [-0.4, -0.2) is 48.6 Å². The molecule has 0 aromatic heterocycles. The van der Waals surface area contributed by atoms with Crippen molar-refractivity contribution in [3.05, 3.63) is 29.8 Å². The molecule has 0 bridgehead atoms. The lowest BCUT2D eigenvalue weighted by Gasteiger charge is -2.36. The summed E-state index contributed by atoms with van der Waals surface area (Å²) < 4.78 is 6.00. The second-order valence-electron chi connectivity index (χ2n) is 8.38. The molecule has 154 valence electrons. The summed E-state index contributed by atoms with van der Waals surface area (Å²) in [5, 5.41) is 0. The predicted octanol–water partition coefficient (Wildman–Crippen LogP) is 5.73. The Morgan fingerprint density at radius 1 is 0.889 bits per heavy atom. The fourth-order valence-electron chi connectivity index (χ4n) is 3.86. The van der Waals surface area contributed by atoms with E-state index < -0.39 is 0 Å². The van der Waals surface area contributed by atoms with E-state index in [0.29, 0.717) is 6.04 Å². The van der Waals surface area contributed by atoms with Crippen molar-refractivity contribution in [1.82, 2.24) is 9.80 Å². The third-order valence-electron chi connectivity index (χ3n) is 5.71. The zero-order valence-corrected chi connectivity index (χ0v) is 18.1. The summed E-state index contributed by atoms with van der Waals surface area (Å²) in [7, 11) is 0. The molecule has 0 atom stereocenters. The lowest BCUT2D eigenvalue weighted by atomic mass is 10.1. The van der Waals surface area contributed by atoms with Gasteiger partial charge in [0.25, 0.3) is 0 Å². The Bertz CT molecular complexity index is 495. The molecule has 1 aliphatic rings. The van der Waals surface area contributed by atoms with E-state index in [9.17, 15) is 0 Å². The van der Waals surface area contributed by atoms with Gasteiger partial charge in [-0.25, -0.2) is 0 Å². The van der Waals surface area contributed by atoms with E-state index in [4.69, 9.17) is 4.74 Å². The van der Waals surface area contributed by atoms with Gasteiger partial charge < -0.3 is 4.74 Å². The van der Waals surface area contributed by atoms with E-state index in [0.717, 1.165) is 18.9 Å². The first-order valence-electron chi connectivity index (χ1n) is 11.4. The van der Waals surface area contributed by atoms with Gasteiger partial charge in [0, 0.05) is 38.8 Å². The topological polar surface area (TPSA) is 15.7 Å². The highest BCUT2D eigenvalue weighted by Gasteiger charge is 2.18.